The molecule has 0 aliphatic carbocycles. The number of imidazole rings is 1. The summed E-state index contributed by atoms with van der Waals surface area (Å²) in [7, 11) is 1.83. The number of rotatable bonds is 2. The molecular weight excluding hydrogens is 368 g/mol. The monoisotopic (exact) mass is 386 g/mol. The molecule has 3 heterocycles. The van der Waals surface area contributed by atoms with Gasteiger partial charge in [0.25, 0.3) is 5.56 Å². The van der Waals surface area contributed by atoms with Crippen molar-refractivity contribution in [2.75, 3.05) is 31.1 Å². The Kier molecular flexibility index (Phi) is 4.35. The summed E-state index contributed by atoms with van der Waals surface area (Å²) >= 11 is 6.40. The highest BCUT2D eigenvalue weighted by Gasteiger charge is 2.23. The second kappa shape index (κ2) is 6.70. The van der Waals surface area contributed by atoms with Crippen LogP contribution in [0.25, 0.3) is 17.0 Å². The number of piperazine rings is 1. The summed E-state index contributed by atoms with van der Waals surface area (Å²) in [4.78, 5) is 32.6. The van der Waals surface area contributed by atoms with Crippen molar-refractivity contribution in [1.29, 1.82) is 0 Å². The Balaban J connectivity index is 1.69. The smallest absolute Gasteiger partial charge is 0.295 e. The van der Waals surface area contributed by atoms with Gasteiger partial charge in [0.05, 0.1) is 22.9 Å². The van der Waals surface area contributed by atoms with Crippen LogP contribution in [0, 0.1) is 0 Å². The minimum absolute atomic E-state index is 0.0520. The van der Waals surface area contributed by atoms with Crippen molar-refractivity contribution in [3.8, 4) is 5.95 Å². The topological polar surface area (TPSA) is 76.3 Å². The van der Waals surface area contributed by atoms with Crippen LogP contribution in [0.2, 0.25) is 5.02 Å². The summed E-state index contributed by atoms with van der Waals surface area (Å²) in [5, 5.41) is 4.41. The highest BCUT2D eigenvalue weighted by atomic mass is 35.5. The molecule has 0 radical (unpaired) electrons. The maximum absolute atomic E-state index is 12.9. The molecule has 0 unspecified atom stereocenters. The van der Waals surface area contributed by atoms with E-state index in [1.54, 1.807) is 18.0 Å². The van der Waals surface area contributed by atoms with Gasteiger partial charge in [-0.15, -0.1) is 0 Å². The highest BCUT2D eigenvalue weighted by molar-refractivity contribution is 6.33. The number of benzene rings is 1. The van der Waals surface area contributed by atoms with E-state index in [0.717, 1.165) is 11.0 Å². The Morgan fingerprint density at radius 1 is 1.15 bits per heavy atom. The predicted octanol–water partition coefficient (Wildman–Crippen LogP) is 1.44. The maximum atomic E-state index is 12.9. The van der Waals surface area contributed by atoms with Gasteiger partial charge >= 0.3 is 0 Å². The van der Waals surface area contributed by atoms with E-state index in [1.165, 1.54) is 4.68 Å². The number of carbonyl (C=O) groups is 1. The SMILES string of the molecule is CC(=O)N1CCN(c2cnn(-c3nc4ccccc4n3C)c(=O)c2Cl)CC1. The molecule has 8 nitrogen and oxygen atoms in total. The van der Waals surface area contributed by atoms with E-state index >= 15 is 0 Å². The third-order valence-corrected chi connectivity index (χ3v) is 5.27. The standard InChI is InChI=1S/C18H19ClN6O2/c1-12(26)23-7-9-24(10-8-23)15-11-20-25(17(27)16(15)19)18-21-13-5-3-4-6-14(13)22(18)2/h3-6,11H,7-10H2,1-2H3. The van der Waals surface area contributed by atoms with Crippen LogP contribution >= 0.6 is 11.6 Å². The lowest BCUT2D eigenvalue weighted by Gasteiger charge is -2.35. The number of nitrogens with zero attached hydrogens (tertiary/aromatic N) is 6. The third kappa shape index (κ3) is 2.95. The van der Waals surface area contributed by atoms with E-state index in [2.05, 4.69) is 10.1 Å². The van der Waals surface area contributed by atoms with E-state index in [-0.39, 0.29) is 10.9 Å². The van der Waals surface area contributed by atoms with Gasteiger partial charge in [0.2, 0.25) is 11.9 Å². The first-order chi connectivity index (χ1) is 13.0. The van der Waals surface area contributed by atoms with Gasteiger partial charge < -0.3 is 14.4 Å². The van der Waals surface area contributed by atoms with Crippen LogP contribution in [0.4, 0.5) is 5.69 Å². The van der Waals surface area contributed by atoms with Crippen molar-refractivity contribution in [3.05, 3.63) is 45.8 Å². The maximum Gasteiger partial charge on any atom is 0.295 e. The second-order valence-electron chi connectivity index (χ2n) is 6.51. The second-order valence-corrected chi connectivity index (χ2v) is 6.89. The molecular formula is C18H19ClN6O2. The molecule has 0 N–H and O–H groups in total. The summed E-state index contributed by atoms with van der Waals surface area (Å²) in [6, 6.07) is 7.63. The molecule has 140 valence electrons. The molecule has 9 heteroatoms. The van der Waals surface area contributed by atoms with Crippen molar-refractivity contribution < 1.29 is 4.79 Å². The molecule has 1 amide bonds. The van der Waals surface area contributed by atoms with E-state index in [9.17, 15) is 9.59 Å². The van der Waals surface area contributed by atoms with Gasteiger partial charge in [-0.1, -0.05) is 23.7 Å². The number of anilines is 1. The number of aromatic nitrogens is 4. The fraction of sp³-hybridized carbons (Fsp3) is 0.333. The van der Waals surface area contributed by atoms with Gasteiger partial charge in [-0.25, -0.2) is 4.98 Å². The van der Waals surface area contributed by atoms with Crippen LogP contribution in [0.3, 0.4) is 0 Å². The normalized spacial score (nSPS) is 14.8. The van der Waals surface area contributed by atoms with E-state index < -0.39 is 5.56 Å². The van der Waals surface area contributed by atoms with Crippen LogP contribution in [0.15, 0.2) is 35.3 Å². The fourth-order valence-corrected chi connectivity index (χ4v) is 3.62. The summed E-state index contributed by atoms with van der Waals surface area (Å²) in [6.07, 6.45) is 1.59. The third-order valence-electron chi connectivity index (χ3n) is 4.92. The molecule has 0 bridgehead atoms. The van der Waals surface area contributed by atoms with Crippen LogP contribution in [0.1, 0.15) is 6.92 Å². The minimum Gasteiger partial charge on any atom is -0.365 e. The molecule has 0 spiro atoms. The molecule has 27 heavy (non-hydrogen) atoms. The molecule has 1 aromatic carbocycles. The number of amides is 1. The lowest BCUT2D eigenvalue weighted by Crippen LogP contribution is -2.48. The average Bonchev–Trinajstić information content (AvgIpc) is 3.01. The molecule has 1 saturated heterocycles. The summed E-state index contributed by atoms with van der Waals surface area (Å²) in [6.45, 7) is 3.97. The first kappa shape index (κ1) is 17.5. The number of para-hydroxylation sites is 2. The van der Waals surface area contributed by atoms with Crippen molar-refractivity contribution in [2.45, 2.75) is 6.92 Å². The van der Waals surface area contributed by atoms with E-state index in [0.29, 0.717) is 37.8 Å². The first-order valence-electron chi connectivity index (χ1n) is 8.67. The molecule has 3 aromatic rings. The lowest BCUT2D eigenvalue weighted by molar-refractivity contribution is -0.129. The van der Waals surface area contributed by atoms with Gasteiger partial charge in [-0.3, -0.25) is 9.59 Å². The van der Waals surface area contributed by atoms with Crippen molar-refractivity contribution in [3.63, 3.8) is 0 Å². The number of hydrogen-bond acceptors (Lipinski definition) is 5. The first-order valence-corrected chi connectivity index (χ1v) is 9.05. The number of hydrogen-bond donors (Lipinski definition) is 0. The summed E-state index contributed by atoms with van der Waals surface area (Å²) in [5.74, 6) is 0.465. The van der Waals surface area contributed by atoms with Gasteiger partial charge in [0, 0.05) is 40.2 Å². The Labute approximate surface area is 160 Å². The van der Waals surface area contributed by atoms with Gasteiger partial charge in [0.1, 0.15) is 5.02 Å². The Morgan fingerprint density at radius 2 is 1.85 bits per heavy atom. The van der Waals surface area contributed by atoms with Crippen molar-refractivity contribution >= 4 is 34.2 Å². The largest absolute Gasteiger partial charge is 0.365 e. The summed E-state index contributed by atoms with van der Waals surface area (Å²) < 4.78 is 3.03. The molecule has 1 fully saturated rings. The van der Waals surface area contributed by atoms with Crippen molar-refractivity contribution in [2.24, 2.45) is 7.05 Å². The van der Waals surface area contributed by atoms with Gasteiger partial charge in [-0.05, 0) is 12.1 Å². The molecule has 1 aliphatic rings. The fourth-order valence-electron chi connectivity index (χ4n) is 3.37. The molecule has 0 saturated carbocycles. The Bertz CT molecular complexity index is 1080. The lowest BCUT2D eigenvalue weighted by atomic mass is 10.3. The molecule has 4 rings (SSSR count). The quantitative estimate of drug-likeness (QED) is 0.666. The van der Waals surface area contributed by atoms with Gasteiger partial charge in [-0.2, -0.15) is 9.78 Å². The number of halogens is 1. The minimum atomic E-state index is -0.415. The zero-order valence-electron chi connectivity index (χ0n) is 15.1. The molecule has 2 aromatic heterocycles. The number of aryl methyl sites for hydroxylation is 1. The Hall–Kier alpha value is -2.87. The Morgan fingerprint density at radius 3 is 2.52 bits per heavy atom. The molecule has 1 aliphatic heterocycles. The van der Waals surface area contributed by atoms with E-state index in [4.69, 9.17) is 11.6 Å². The number of carbonyl (C=O) groups excluding carboxylic acids is 1. The highest BCUT2D eigenvalue weighted by Crippen LogP contribution is 2.23. The van der Waals surface area contributed by atoms with Gasteiger partial charge in [0.15, 0.2) is 0 Å². The molecule has 0 atom stereocenters. The predicted molar refractivity (Wildman–Crippen MR) is 104 cm³/mol. The average molecular weight is 387 g/mol. The number of fused-ring (bicyclic) bond motifs is 1. The van der Waals surface area contributed by atoms with Crippen molar-refractivity contribution in [1.82, 2.24) is 24.2 Å². The summed E-state index contributed by atoms with van der Waals surface area (Å²) in [5.41, 5.74) is 1.85. The van der Waals surface area contributed by atoms with E-state index in [1.807, 2.05) is 40.8 Å². The van der Waals surface area contributed by atoms with Crippen LogP contribution in [0.5, 0.6) is 0 Å². The van der Waals surface area contributed by atoms with Crippen LogP contribution in [-0.4, -0.2) is 56.3 Å². The zero-order chi connectivity index (χ0) is 19.1. The zero-order valence-corrected chi connectivity index (χ0v) is 15.8. The van der Waals surface area contributed by atoms with Crippen LogP contribution in [-0.2, 0) is 11.8 Å². The van der Waals surface area contributed by atoms with Crippen LogP contribution < -0.4 is 10.5 Å².